The lowest BCUT2D eigenvalue weighted by Gasteiger charge is -2.69. The molecule has 9 nitrogen and oxygen atoms in total. The first kappa shape index (κ1) is 18.8. The summed E-state index contributed by atoms with van der Waals surface area (Å²) in [7, 11) is -3.96. The average molecular weight is 488 g/mol. The predicted octanol–water partition coefficient (Wildman–Crippen LogP) is 2.41. The summed E-state index contributed by atoms with van der Waals surface area (Å²) < 4.78 is 53.2. The topological polar surface area (TPSA) is 144 Å². The fraction of sp³-hybridized carbons (Fsp3) is 0.364. The number of benzene rings is 1. The minimum atomic E-state index is -3.96. The minimum Gasteiger partial charge on any atom is -0.396 e. The Bertz CT molecular complexity index is 1450. The van der Waals surface area contributed by atoms with Crippen molar-refractivity contribution < 1.29 is 17.6 Å². The Morgan fingerprint density at radius 1 is 1.21 bits per heavy atom. The first-order valence-electron chi connectivity index (χ1n) is 11.7. The number of sulfonamides is 1. The number of hydrogen-bond acceptors (Lipinski definition) is 9. The van der Waals surface area contributed by atoms with Crippen molar-refractivity contribution in [3.05, 3.63) is 42.2 Å². The highest BCUT2D eigenvalue weighted by atomic mass is 32.2. The van der Waals surface area contributed by atoms with Gasteiger partial charge in [0.05, 0.1) is 22.5 Å². The molecule has 2 aromatic heterocycles. The highest BCUT2D eigenvalue weighted by Crippen LogP contribution is 2.67. The Balaban J connectivity index is 1.57. The van der Waals surface area contributed by atoms with Crippen molar-refractivity contribution in [2.75, 3.05) is 18.6 Å². The summed E-state index contributed by atoms with van der Waals surface area (Å²) >= 11 is 1.34. The van der Waals surface area contributed by atoms with E-state index in [0.29, 0.717) is 30.1 Å². The van der Waals surface area contributed by atoms with Gasteiger partial charge in [0.15, 0.2) is 11.0 Å². The van der Waals surface area contributed by atoms with Crippen LogP contribution >= 0.6 is 11.8 Å². The zero-order chi connectivity index (χ0) is 25.9. The quantitative estimate of drug-likeness (QED) is 0.338. The fourth-order valence-corrected chi connectivity index (χ4v) is 6.59. The number of hydrogen-bond donors (Lipinski definition) is 3. The van der Waals surface area contributed by atoms with Gasteiger partial charge in [-0.15, -0.1) is 0 Å². The van der Waals surface area contributed by atoms with E-state index in [2.05, 4.69) is 24.7 Å². The summed E-state index contributed by atoms with van der Waals surface area (Å²) in [5, 5.41) is 9.97. The van der Waals surface area contributed by atoms with E-state index in [-0.39, 0.29) is 45.2 Å². The van der Waals surface area contributed by atoms with Crippen molar-refractivity contribution in [1.82, 2.24) is 24.7 Å². The monoisotopic (exact) mass is 487 g/mol. The molecule has 3 aliphatic carbocycles. The second-order valence-electron chi connectivity index (χ2n) is 8.70. The Labute approximate surface area is 200 Å². The van der Waals surface area contributed by atoms with Gasteiger partial charge in [-0.3, -0.25) is 0 Å². The molecule has 3 fully saturated rings. The molecule has 3 saturated carbocycles. The molecule has 0 spiro atoms. The summed E-state index contributed by atoms with van der Waals surface area (Å²) in [6.45, 7) is -2.49. The smallest absolute Gasteiger partial charge is 0.241 e. The van der Waals surface area contributed by atoms with Crippen molar-refractivity contribution in [3.8, 4) is 22.6 Å². The van der Waals surface area contributed by atoms with Gasteiger partial charge >= 0.3 is 0 Å². The maximum absolute atomic E-state index is 13.2. The van der Waals surface area contributed by atoms with Crippen molar-refractivity contribution in [3.63, 3.8) is 0 Å². The van der Waals surface area contributed by atoms with Crippen LogP contribution in [0.1, 0.15) is 28.9 Å². The number of aliphatic hydroxyl groups excluding tert-OH is 1. The standard InChI is InChI=1S/C22H24N6O3S2/c1-13-3-4-14(33(30,31)28-22-9-21(10-22,11-22)12-29)7-15(13)17-8-25-19(23)18(26-17)16-5-6-24-20(27-16)32-2/h3-8,28-29H,9-12H2,1-2H3,(H2,23,25)/i1D3. The van der Waals surface area contributed by atoms with E-state index in [4.69, 9.17) is 9.85 Å². The predicted molar refractivity (Wildman–Crippen MR) is 126 cm³/mol. The van der Waals surface area contributed by atoms with E-state index in [9.17, 15) is 13.5 Å². The highest BCUT2D eigenvalue weighted by molar-refractivity contribution is 7.98. The van der Waals surface area contributed by atoms with E-state index in [1.54, 1.807) is 12.3 Å². The number of rotatable bonds is 7. The SMILES string of the molecule is [2H]C([2H])([2H])c1ccc(S(=O)(=O)NC23CC(CO)(C2)C3)cc1-c1cnc(N)c(-c2ccnc(SC)n2)n1. The largest absolute Gasteiger partial charge is 0.396 e. The van der Waals surface area contributed by atoms with Gasteiger partial charge in [0.1, 0.15) is 5.69 Å². The number of anilines is 1. The molecule has 2 heterocycles. The number of aryl methyl sites for hydroxylation is 1. The Kier molecular flexibility index (Phi) is 4.40. The molecule has 11 heteroatoms. The number of nitrogens with two attached hydrogens (primary N) is 1. The first-order valence-corrected chi connectivity index (χ1v) is 12.9. The van der Waals surface area contributed by atoms with E-state index >= 15 is 0 Å². The molecular weight excluding hydrogens is 460 g/mol. The molecule has 3 aromatic rings. The van der Waals surface area contributed by atoms with Gasteiger partial charge in [-0.25, -0.2) is 33.1 Å². The molecule has 0 saturated heterocycles. The third kappa shape index (κ3) is 3.78. The molecule has 6 rings (SSSR count). The van der Waals surface area contributed by atoms with Gasteiger partial charge in [0, 0.05) is 28.0 Å². The fourth-order valence-electron chi connectivity index (χ4n) is 4.81. The second-order valence-corrected chi connectivity index (χ2v) is 11.2. The summed E-state index contributed by atoms with van der Waals surface area (Å²) in [4.78, 5) is 17.2. The molecule has 0 aliphatic heterocycles. The highest BCUT2D eigenvalue weighted by Gasteiger charge is 2.68. The zero-order valence-electron chi connectivity index (χ0n) is 20.7. The van der Waals surface area contributed by atoms with Crippen LogP contribution in [0, 0.1) is 12.3 Å². The van der Waals surface area contributed by atoms with Gasteiger partial charge in [-0.05, 0) is 61.5 Å². The second kappa shape index (κ2) is 7.73. The van der Waals surface area contributed by atoms with Gasteiger partial charge in [-0.1, -0.05) is 17.8 Å². The number of nitrogens with one attached hydrogen (secondary N) is 1. The Hall–Kier alpha value is -2.60. The van der Waals surface area contributed by atoms with Gasteiger partial charge < -0.3 is 10.8 Å². The Morgan fingerprint density at radius 2 is 2.00 bits per heavy atom. The third-order valence-corrected chi connectivity index (χ3v) is 8.40. The van der Waals surface area contributed by atoms with Crippen molar-refractivity contribution in [1.29, 1.82) is 0 Å². The third-order valence-electron chi connectivity index (χ3n) is 6.26. The lowest BCUT2D eigenvalue weighted by Crippen LogP contribution is -2.75. The van der Waals surface area contributed by atoms with Gasteiger partial charge in [0.2, 0.25) is 10.0 Å². The van der Waals surface area contributed by atoms with E-state index in [1.807, 2.05) is 6.26 Å². The van der Waals surface area contributed by atoms with E-state index in [0.717, 1.165) is 0 Å². The molecule has 2 bridgehead atoms. The van der Waals surface area contributed by atoms with E-state index in [1.165, 1.54) is 36.2 Å². The maximum atomic E-state index is 13.2. The zero-order valence-corrected chi connectivity index (χ0v) is 19.4. The molecule has 1 aromatic carbocycles. The molecule has 0 amide bonds. The van der Waals surface area contributed by atoms with Crippen LogP contribution in [-0.2, 0) is 10.0 Å². The van der Waals surface area contributed by atoms with Crippen LogP contribution in [0.3, 0.4) is 0 Å². The molecule has 4 N–H and O–H groups in total. The van der Waals surface area contributed by atoms with Crippen LogP contribution in [0.5, 0.6) is 0 Å². The van der Waals surface area contributed by atoms with Crippen LogP contribution in [-0.4, -0.2) is 51.9 Å². The minimum absolute atomic E-state index is 0.0385. The van der Waals surface area contributed by atoms with Crippen molar-refractivity contribution in [2.24, 2.45) is 5.41 Å². The number of nitrogens with zero attached hydrogens (tertiary/aromatic N) is 4. The molecule has 0 radical (unpaired) electrons. The molecule has 0 atom stereocenters. The number of nitrogen functional groups attached to an aromatic ring is 1. The van der Waals surface area contributed by atoms with Crippen molar-refractivity contribution >= 4 is 27.6 Å². The van der Waals surface area contributed by atoms with Crippen LogP contribution in [0.4, 0.5) is 5.82 Å². The molecule has 0 unspecified atom stereocenters. The van der Waals surface area contributed by atoms with Crippen molar-refractivity contribution in [2.45, 2.75) is 41.7 Å². The molecular formula is C22H24N6O3S2. The molecule has 3 aliphatic rings. The van der Waals surface area contributed by atoms with Crippen LogP contribution < -0.4 is 10.5 Å². The summed E-state index contributed by atoms with van der Waals surface area (Å²) in [6.07, 6.45) is 6.44. The summed E-state index contributed by atoms with van der Waals surface area (Å²) in [5.41, 5.74) is 6.16. The Morgan fingerprint density at radius 3 is 2.70 bits per heavy atom. The molecule has 33 heavy (non-hydrogen) atoms. The normalized spacial score (nSPS) is 25.3. The lowest BCUT2D eigenvalue weighted by molar-refractivity contribution is -0.167. The van der Waals surface area contributed by atoms with Crippen LogP contribution in [0.2, 0.25) is 0 Å². The average Bonchev–Trinajstić information content (AvgIpc) is 2.80. The number of thioether (sulfide) groups is 1. The summed E-state index contributed by atoms with van der Waals surface area (Å²) in [6, 6.07) is 5.47. The molecule has 172 valence electrons. The summed E-state index contributed by atoms with van der Waals surface area (Å²) in [5.74, 6) is 0.0896. The maximum Gasteiger partial charge on any atom is 0.241 e. The van der Waals surface area contributed by atoms with Gasteiger partial charge in [-0.2, -0.15) is 0 Å². The van der Waals surface area contributed by atoms with Crippen LogP contribution in [0.15, 0.2) is 46.7 Å². The van der Waals surface area contributed by atoms with Gasteiger partial charge in [0.25, 0.3) is 0 Å². The van der Waals surface area contributed by atoms with E-state index < -0.39 is 22.4 Å². The number of aliphatic hydroxyl groups is 1. The van der Waals surface area contributed by atoms with Crippen LogP contribution in [0.25, 0.3) is 22.6 Å². The number of aromatic nitrogens is 4. The first-order chi connectivity index (χ1) is 16.9. The lowest BCUT2D eigenvalue weighted by atomic mass is 9.40.